The van der Waals surface area contributed by atoms with Crippen molar-refractivity contribution in [2.45, 2.75) is 19.4 Å². The van der Waals surface area contributed by atoms with Crippen LogP contribution in [0.1, 0.15) is 35.4 Å². The Hall–Kier alpha value is -0.390. The molecule has 0 saturated carbocycles. The highest BCUT2D eigenvalue weighted by molar-refractivity contribution is 9.11. The van der Waals surface area contributed by atoms with Crippen LogP contribution in [-0.2, 0) is 0 Å². The fourth-order valence-corrected chi connectivity index (χ4v) is 3.38. The zero-order valence-corrected chi connectivity index (χ0v) is 11.7. The molecule has 0 aliphatic heterocycles. The molecule has 1 aromatic carbocycles. The van der Waals surface area contributed by atoms with E-state index < -0.39 is 6.10 Å². The Morgan fingerprint density at radius 1 is 1.38 bits per heavy atom. The molecule has 0 fully saturated rings. The van der Waals surface area contributed by atoms with E-state index in [1.165, 1.54) is 0 Å². The number of aromatic hydroxyl groups is 1. The molecule has 1 aliphatic rings. The van der Waals surface area contributed by atoms with Gasteiger partial charge >= 0.3 is 0 Å². The van der Waals surface area contributed by atoms with Crippen LogP contribution in [0, 0.1) is 5.92 Å². The number of hydrogen-bond acceptors (Lipinski definition) is 3. The van der Waals surface area contributed by atoms with Crippen molar-refractivity contribution >= 4 is 37.6 Å². The van der Waals surface area contributed by atoms with Gasteiger partial charge in [0.15, 0.2) is 5.78 Å². The molecule has 16 heavy (non-hydrogen) atoms. The summed E-state index contributed by atoms with van der Waals surface area (Å²) in [5, 5.41) is 19.9. The Morgan fingerprint density at radius 2 is 2.00 bits per heavy atom. The van der Waals surface area contributed by atoms with E-state index in [4.69, 9.17) is 0 Å². The molecule has 86 valence electrons. The van der Waals surface area contributed by atoms with Crippen LogP contribution in [0.15, 0.2) is 15.0 Å². The van der Waals surface area contributed by atoms with Crippen molar-refractivity contribution in [2.24, 2.45) is 5.92 Å². The van der Waals surface area contributed by atoms with E-state index in [-0.39, 0.29) is 29.4 Å². The van der Waals surface area contributed by atoms with Gasteiger partial charge in [0.05, 0.1) is 16.1 Å². The molecule has 2 unspecified atom stereocenters. The Balaban J connectivity index is 2.75. The number of benzene rings is 1. The lowest BCUT2D eigenvalue weighted by molar-refractivity contribution is 0.0743. The van der Waals surface area contributed by atoms with Gasteiger partial charge in [0.25, 0.3) is 0 Å². The van der Waals surface area contributed by atoms with Gasteiger partial charge in [-0.3, -0.25) is 4.79 Å². The highest BCUT2D eigenvalue weighted by Crippen LogP contribution is 2.45. The molecule has 3 nitrogen and oxygen atoms in total. The van der Waals surface area contributed by atoms with E-state index in [0.717, 1.165) is 0 Å². The zero-order chi connectivity index (χ0) is 12.0. The lowest BCUT2D eigenvalue weighted by Crippen LogP contribution is -2.23. The molecule has 0 bridgehead atoms. The maximum absolute atomic E-state index is 11.9. The van der Waals surface area contributed by atoms with E-state index in [1.807, 2.05) is 6.92 Å². The highest BCUT2D eigenvalue weighted by atomic mass is 79.9. The van der Waals surface area contributed by atoms with Crippen LogP contribution in [-0.4, -0.2) is 16.0 Å². The number of aliphatic hydroxyl groups is 1. The summed E-state index contributed by atoms with van der Waals surface area (Å²) in [6.07, 6.45) is -0.467. The number of rotatable bonds is 0. The average molecular weight is 350 g/mol. The number of carbonyl (C=O) groups excluding carboxylic acids is 1. The molecular formula is C11H10Br2O3. The van der Waals surface area contributed by atoms with Crippen LogP contribution in [0.2, 0.25) is 0 Å². The minimum atomic E-state index is -0.721. The summed E-state index contributed by atoms with van der Waals surface area (Å²) < 4.78 is 1.09. The zero-order valence-electron chi connectivity index (χ0n) is 8.50. The first-order chi connectivity index (χ1) is 7.43. The molecule has 5 heteroatoms. The fraction of sp³-hybridized carbons (Fsp3) is 0.364. The SMILES string of the molecule is CC1CC(=O)c2c(O)c(Br)cc(Br)c2C1O. The minimum absolute atomic E-state index is 0.0887. The third-order valence-corrected chi connectivity index (χ3v) is 4.12. The molecule has 0 radical (unpaired) electrons. The van der Waals surface area contributed by atoms with Crippen molar-refractivity contribution in [3.8, 4) is 5.75 Å². The van der Waals surface area contributed by atoms with Crippen molar-refractivity contribution in [1.29, 1.82) is 0 Å². The van der Waals surface area contributed by atoms with Gasteiger partial charge < -0.3 is 10.2 Å². The lowest BCUT2D eigenvalue weighted by atomic mass is 9.81. The third-order valence-electron chi connectivity index (χ3n) is 2.86. The van der Waals surface area contributed by atoms with Gasteiger partial charge in [-0.05, 0) is 27.9 Å². The summed E-state index contributed by atoms with van der Waals surface area (Å²) >= 11 is 6.48. The van der Waals surface area contributed by atoms with Crippen molar-refractivity contribution in [3.05, 3.63) is 26.1 Å². The smallest absolute Gasteiger partial charge is 0.167 e. The summed E-state index contributed by atoms with van der Waals surface area (Å²) in [5.74, 6) is -0.349. The fourth-order valence-electron chi connectivity index (χ4n) is 1.99. The van der Waals surface area contributed by atoms with E-state index in [1.54, 1.807) is 6.07 Å². The predicted molar refractivity (Wildman–Crippen MR) is 66.6 cm³/mol. The summed E-state index contributed by atoms with van der Waals surface area (Å²) in [7, 11) is 0. The van der Waals surface area contributed by atoms with Gasteiger partial charge in [-0.2, -0.15) is 0 Å². The first-order valence-corrected chi connectivity index (χ1v) is 6.44. The molecule has 2 rings (SSSR count). The first kappa shape index (κ1) is 12.1. The number of phenolic OH excluding ortho intramolecular Hbond substituents is 1. The van der Waals surface area contributed by atoms with E-state index in [9.17, 15) is 15.0 Å². The van der Waals surface area contributed by atoms with Gasteiger partial charge in [-0.1, -0.05) is 22.9 Å². The number of Topliss-reactive ketones (excluding diaryl/α,β-unsaturated/α-hetero) is 1. The molecule has 0 heterocycles. The number of ketones is 1. The average Bonchev–Trinajstić information content (AvgIpc) is 2.20. The van der Waals surface area contributed by atoms with Crippen molar-refractivity contribution in [1.82, 2.24) is 0 Å². The van der Waals surface area contributed by atoms with Gasteiger partial charge in [-0.25, -0.2) is 0 Å². The van der Waals surface area contributed by atoms with Crippen LogP contribution >= 0.6 is 31.9 Å². The molecule has 1 aliphatic carbocycles. The topological polar surface area (TPSA) is 57.5 Å². The molecule has 2 N–H and O–H groups in total. The molecule has 0 spiro atoms. The standard InChI is InChI=1S/C11H10Br2O3/c1-4-2-7(14)9-8(10(4)15)5(12)3-6(13)11(9)16/h3-4,10,15-16H,2H2,1H3. The number of hydrogen-bond donors (Lipinski definition) is 2. The van der Waals surface area contributed by atoms with Gasteiger partial charge in [0, 0.05) is 16.5 Å². The normalized spacial score (nSPS) is 24.4. The molecule has 2 atom stereocenters. The van der Waals surface area contributed by atoms with E-state index in [2.05, 4.69) is 31.9 Å². The predicted octanol–water partition coefficient (Wildman–Crippen LogP) is 3.17. The molecular weight excluding hydrogens is 340 g/mol. The van der Waals surface area contributed by atoms with Crippen molar-refractivity contribution in [2.75, 3.05) is 0 Å². The van der Waals surface area contributed by atoms with Crippen LogP contribution in [0.3, 0.4) is 0 Å². The summed E-state index contributed by atoms with van der Waals surface area (Å²) in [5.41, 5.74) is 0.719. The second-order valence-electron chi connectivity index (χ2n) is 4.03. The quantitative estimate of drug-likeness (QED) is 0.756. The van der Waals surface area contributed by atoms with Gasteiger partial charge in [0.2, 0.25) is 0 Å². The number of carbonyl (C=O) groups is 1. The van der Waals surface area contributed by atoms with Gasteiger partial charge in [0.1, 0.15) is 5.75 Å². The van der Waals surface area contributed by atoms with Crippen LogP contribution in [0.25, 0.3) is 0 Å². The maximum Gasteiger partial charge on any atom is 0.167 e. The Bertz CT molecular complexity index is 471. The molecule has 0 saturated heterocycles. The van der Waals surface area contributed by atoms with Crippen LogP contribution in [0.5, 0.6) is 5.75 Å². The van der Waals surface area contributed by atoms with Crippen molar-refractivity contribution in [3.63, 3.8) is 0 Å². The Morgan fingerprint density at radius 3 is 2.62 bits per heavy atom. The number of halogens is 2. The Labute approximate surface area is 110 Å². The number of aliphatic hydroxyl groups excluding tert-OH is 1. The maximum atomic E-state index is 11.9. The summed E-state index contributed by atoms with van der Waals surface area (Å²) in [6, 6.07) is 1.64. The molecule has 0 amide bonds. The molecule has 1 aromatic rings. The summed E-state index contributed by atoms with van der Waals surface area (Å²) in [4.78, 5) is 11.9. The third kappa shape index (κ3) is 1.71. The monoisotopic (exact) mass is 348 g/mol. The molecule has 0 aromatic heterocycles. The van der Waals surface area contributed by atoms with Crippen molar-refractivity contribution < 1.29 is 15.0 Å². The Kier molecular flexibility index (Phi) is 3.11. The van der Waals surface area contributed by atoms with E-state index in [0.29, 0.717) is 14.5 Å². The highest BCUT2D eigenvalue weighted by Gasteiger charge is 2.34. The first-order valence-electron chi connectivity index (χ1n) is 4.85. The number of phenols is 1. The van der Waals surface area contributed by atoms with E-state index >= 15 is 0 Å². The minimum Gasteiger partial charge on any atom is -0.506 e. The second-order valence-corrected chi connectivity index (χ2v) is 5.74. The van der Waals surface area contributed by atoms with Crippen LogP contribution < -0.4 is 0 Å². The summed E-state index contributed by atoms with van der Waals surface area (Å²) in [6.45, 7) is 1.82. The van der Waals surface area contributed by atoms with Gasteiger partial charge in [-0.15, -0.1) is 0 Å². The van der Waals surface area contributed by atoms with Crippen LogP contribution in [0.4, 0.5) is 0 Å². The second kappa shape index (κ2) is 4.13. The largest absolute Gasteiger partial charge is 0.506 e. The number of fused-ring (bicyclic) bond motifs is 1. The lowest BCUT2D eigenvalue weighted by Gasteiger charge is -2.28.